The quantitative estimate of drug-likeness (QED) is 0.212. The van der Waals surface area contributed by atoms with Gasteiger partial charge in [0.15, 0.2) is 11.8 Å². The van der Waals surface area contributed by atoms with E-state index in [1.165, 1.54) is 0 Å². The summed E-state index contributed by atoms with van der Waals surface area (Å²) < 4.78 is 13.7. The van der Waals surface area contributed by atoms with E-state index in [0.29, 0.717) is 29.0 Å². The van der Waals surface area contributed by atoms with Crippen LogP contribution in [0.4, 0.5) is 5.82 Å². The number of esters is 2. The van der Waals surface area contributed by atoms with Gasteiger partial charge in [-0.05, 0) is 47.5 Å². The number of benzene rings is 4. The molecule has 0 unspecified atom stereocenters. The van der Waals surface area contributed by atoms with Crippen LogP contribution in [0, 0.1) is 5.92 Å². The van der Waals surface area contributed by atoms with E-state index in [1.807, 2.05) is 42.5 Å². The van der Waals surface area contributed by atoms with Gasteiger partial charge in [-0.3, -0.25) is 0 Å². The zero-order valence-corrected chi connectivity index (χ0v) is 24.2. The van der Waals surface area contributed by atoms with Gasteiger partial charge in [0.05, 0.1) is 22.9 Å². The summed E-state index contributed by atoms with van der Waals surface area (Å²) in [7, 11) is 0. The first-order valence-corrected chi connectivity index (χ1v) is 14.8. The van der Waals surface area contributed by atoms with Crippen molar-refractivity contribution in [2.75, 3.05) is 11.9 Å². The second-order valence-corrected chi connectivity index (χ2v) is 11.1. The molecule has 0 bridgehead atoms. The van der Waals surface area contributed by atoms with Crippen molar-refractivity contribution in [1.82, 2.24) is 14.6 Å². The predicted molar refractivity (Wildman–Crippen MR) is 170 cm³/mol. The molecule has 0 saturated heterocycles. The predicted octanol–water partition coefficient (Wildman–Crippen LogP) is 5.79. The highest BCUT2D eigenvalue weighted by atomic mass is 16.6. The fourth-order valence-corrected chi connectivity index (χ4v) is 6.03. The summed E-state index contributed by atoms with van der Waals surface area (Å²) in [6.07, 6.45) is 0.257. The zero-order valence-electron chi connectivity index (χ0n) is 24.2. The molecule has 1 aliphatic rings. The van der Waals surface area contributed by atoms with Crippen LogP contribution in [0.5, 0.6) is 0 Å². The van der Waals surface area contributed by atoms with Crippen molar-refractivity contribution >= 4 is 34.2 Å². The van der Waals surface area contributed by atoms with E-state index in [4.69, 9.17) is 14.6 Å². The van der Waals surface area contributed by atoms with Crippen LogP contribution in [0.25, 0.3) is 27.7 Å². The van der Waals surface area contributed by atoms with E-state index in [-0.39, 0.29) is 6.61 Å². The maximum atomic E-state index is 13.3. The van der Waals surface area contributed by atoms with Crippen LogP contribution in [-0.2, 0) is 9.47 Å². The van der Waals surface area contributed by atoms with Gasteiger partial charge in [0.2, 0.25) is 0 Å². The van der Waals surface area contributed by atoms with Crippen molar-refractivity contribution in [3.63, 3.8) is 0 Å². The van der Waals surface area contributed by atoms with Crippen molar-refractivity contribution in [2.24, 2.45) is 5.92 Å². The molecular weight excluding hydrogens is 568 g/mol. The van der Waals surface area contributed by atoms with E-state index in [9.17, 15) is 14.7 Å². The lowest BCUT2D eigenvalue weighted by Gasteiger charge is -2.27. The molecule has 1 saturated carbocycles. The third-order valence-electron chi connectivity index (χ3n) is 8.24. The normalized spacial score (nSPS) is 19.4. The van der Waals surface area contributed by atoms with Crippen LogP contribution in [0.2, 0.25) is 0 Å². The molecule has 0 aliphatic heterocycles. The number of fused-ring (bicyclic) bond motifs is 2. The summed E-state index contributed by atoms with van der Waals surface area (Å²) in [6, 6.07) is 34.7. The van der Waals surface area contributed by atoms with E-state index in [0.717, 1.165) is 22.0 Å². The summed E-state index contributed by atoms with van der Waals surface area (Å²) in [4.78, 5) is 31.0. The fraction of sp³-hybridized carbons (Fsp3) is 0.167. The van der Waals surface area contributed by atoms with Gasteiger partial charge in [-0.2, -0.15) is 9.61 Å². The first-order chi connectivity index (χ1) is 22.1. The minimum absolute atomic E-state index is 0.261. The molecule has 1 fully saturated rings. The van der Waals surface area contributed by atoms with Gasteiger partial charge >= 0.3 is 11.9 Å². The molecule has 0 radical (unpaired) electrons. The second-order valence-electron chi connectivity index (χ2n) is 11.1. The van der Waals surface area contributed by atoms with Crippen molar-refractivity contribution in [2.45, 2.75) is 24.7 Å². The lowest BCUT2D eigenvalue weighted by atomic mass is 10.0. The number of rotatable bonds is 8. The highest BCUT2D eigenvalue weighted by Gasteiger charge is 2.48. The monoisotopic (exact) mass is 598 g/mol. The van der Waals surface area contributed by atoms with Crippen molar-refractivity contribution < 1.29 is 24.2 Å². The number of hydrogen-bond donors (Lipinski definition) is 2. The minimum atomic E-state index is -0.904. The molecule has 45 heavy (non-hydrogen) atoms. The number of aliphatic hydroxyl groups is 1. The average molecular weight is 599 g/mol. The second kappa shape index (κ2) is 12.2. The number of aliphatic hydroxyl groups excluding tert-OH is 1. The highest BCUT2D eigenvalue weighted by Crippen LogP contribution is 2.35. The molecule has 4 aromatic carbocycles. The number of carbonyl (C=O) groups excluding carboxylic acids is 2. The minimum Gasteiger partial charge on any atom is -0.454 e. The maximum Gasteiger partial charge on any atom is 0.338 e. The number of nitrogens with zero attached hydrogens (tertiary/aromatic N) is 3. The zero-order chi connectivity index (χ0) is 30.8. The topological polar surface area (TPSA) is 115 Å². The Labute approximate surface area is 259 Å². The van der Waals surface area contributed by atoms with E-state index in [2.05, 4.69) is 28.5 Å². The highest BCUT2D eigenvalue weighted by molar-refractivity contribution is 5.96. The average Bonchev–Trinajstić information content (AvgIpc) is 3.67. The Hall–Kier alpha value is -5.54. The van der Waals surface area contributed by atoms with Gasteiger partial charge in [-0.15, -0.1) is 0 Å². The molecule has 4 atom stereocenters. The molecule has 2 aromatic heterocycles. The van der Waals surface area contributed by atoms with Crippen LogP contribution in [0.15, 0.2) is 121 Å². The number of aromatic nitrogens is 3. The standard InChI is InChI=1S/C36H30N4O5/c41-22-26-20-30(34(45-36(43)25-13-5-2-6-14-25)33(26)44-35(42)24-11-3-1-4-12-24)38-31-18-19-37-32-21-29(39-40(31)32)28-17-9-15-23-10-7-8-16-27(23)28/h1-19,21,26,30,33-34,38,41H,20,22H2/t26-,30-,33-,34+/m1/s1. The van der Waals surface area contributed by atoms with Crippen LogP contribution in [-0.4, -0.2) is 56.5 Å². The Bertz CT molecular complexity index is 1970. The summed E-state index contributed by atoms with van der Waals surface area (Å²) in [5.74, 6) is -0.976. The third-order valence-corrected chi connectivity index (χ3v) is 8.24. The third kappa shape index (κ3) is 5.61. The first-order valence-electron chi connectivity index (χ1n) is 14.8. The molecule has 0 spiro atoms. The van der Waals surface area contributed by atoms with E-state index >= 15 is 0 Å². The fourth-order valence-electron chi connectivity index (χ4n) is 6.03. The molecule has 1 aliphatic carbocycles. The van der Waals surface area contributed by atoms with Crippen molar-refractivity contribution in [3.05, 3.63) is 133 Å². The molecule has 224 valence electrons. The number of nitrogens with one attached hydrogen (secondary N) is 1. The smallest absolute Gasteiger partial charge is 0.338 e. The van der Waals surface area contributed by atoms with Crippen LogP contribution in [0.1, 0.15) is 27.1 Å². The summed E-state index contributed by atoms with van der Waals surface area (Å²) in [5, 5.41) is 20.9. The van der Waals surface area contributed by atoms with Crippen LogP contribution >= 0.6 is 0 Å². The van der Waals surface area contributed by atoms with E-state index in [1.54, 1.807) is 65.3 Å². The van der Waals surface area contributed by atoms with Gasteiger partial charge in [0, 0.05) is 30.4 Å². The Kier molecular flexibility index (Phi) is 7.67. The molecule has 9 heteroatoms. The van der Waals surface area contributed by atoms with Gasteiger partial charge in [0.25, 0.3) is 0 Å². The first kappa shape index (κ1) is 28.2. The Balaban J connectivity index is 1.23. The lowest BCUT2D eigenvalue weighted by molar-refractivity contribution is -0.0424. The Morgan fingerprint density at radius 1 is 0.800 bits per heavy atom. The van der Waals surface area contributed by atoms with Crippen LogP contribution in [0.3, 0.4) is 0 Å². The van der Waals surface area contributed by atoms with Crippen LogP contribution < -0.4 is 5.32 Å². The van der Waals surface area contributed by atoms with Gasteiger partial charge < -0.3 is 19.9 Å². The molecule has 9 nitrogen and oxygen atoms in total. The summed E-state index contributed by atoms with van der Waals surface area (Å²) >= 11 is 0. The molecule has 7 rings (SSSR count). The number of anilines is 1. The van der Waals surface area contributed by atoms with Crippen molar-refractivity contribution in [3.8, 4) is 11.3 Å². The van der Waals surface area contributed by atoms with Crippen molar-refractivity contribution in [1.29, 1.82) is 0 Å². The number of hydrogen-bond acceptors (Lipinski definition) is 8. The molecule has 2 N–H and O–H groups in total. The Morgan fingerprint density at radius 2 is 1.44 bits per heavy atom. The van der Waals surface area contributed by atoms with Gasteiger partial charge in [0.1, 0.15) is 11.9 Å². The summed E-state index contributed by atoms with van der Waals surface area (Å²) in [6.45, 7) is -0.261. The number of ether oxygens (including phenoxy) is 2. The van der Waals surface area contributed by atoms with E-state index < -0.39 is 36.1 Å². The molecular formula is C36H30N4O5. The molecule has 2 heterocycles. The molecule has 6 aromatic rings. The van der Waals surface area contributed by atoms with Gasteiger partial charge in [-0.25, -0.2) is 14.6 Å². The number of carbonyl (C=O) groups is 2. The Morgan fingerprint density at radius 3 is 2.16 bits per heavy atom. The summed E-state index contributed by atoms with van der Waals surface area (Å²) in [5.41, 5.74) is 3.11. The SMILES string of the molecule is O=C(O[C@@H]1[C@@H](CO)C[C@@H](Nc2ccnc3cc(-c4cccc5ccccc45)nn23)[C@@H]1OC(=O)c1ccccc1)c1ccccc1. The lowest BCUT2D eigenvalue weighted by Crippen LogP contribution is -2.42. The van der Waals surface area contributed by atoms with Gasteiger partial charge in [-0.1, -0.05) is 78.9 Å². The molecule has 0 amide bonds. The maximum absolute atomic E-state index is 13.3. The largest absolute Gasteiger partial charge is 0.454 e.